The maximum absolute atomic E-state index is 10.4. The molecule has 1 fully saturated rings. The lowest BCUT2D eigenvalue weighted by Gasteiger charge is -1.97. The predicted molar refractivity (Wildman–Crippen MR) is 43.6 cm³/mol. The topological polar surface area (TPSA) is 34.9 Å². The van der Waals surface area contributed by atoms with Crippen LogP contribution in [0.25, 0.3) is 0 Å². The third-order valence-corrected chi connectivity index (χ3v) is 2.60. The second-order valence-electron chi connectivity index (χ2n) is 2.68. The third-order valence-electron chi connectivity index (χ3n) is 1.78. The summed E-state index contributed by atoms with van der Waals surface area (Å²) in [7, 11) is 0. The quantitative estimate of drug-likeness (QED) is 0.705. The Hall–Kier alpha value is -0.640. The van der Waals surface area contributed by atoms with Gasteiger partial charge in [0.25, 0.3) is 0 Å². The monoisotopic (exact) mass is 214 g/mol. The first-order valence-electron chi connectivity index (χ1n) is 3.51. The van der Waals surface area contributed by atoms with Gasteiger partial charge < -0.3 is 0 Å². The summed E-state index contributed by atoms with van der Waals surface area (Å²) < 4.78 is 2.68. The van der Waals surface area contributed by atoms with E-state index in [9.17, 15) is 4.79 Å². The van der Waals surface area contributed by atoms with Crippen molar-refractivity contribution in [2.24, 2.45) is 0 Å². The molecule has 0 unspecified atom stereocenters. The van der Waals surface area contributed by atoms with Gasteiger partial charge in [-0.3, -0.25) is 9.48 Å². The second kappa shape index (κ2) is 2.44. The van der Waals surface area contributed by atoms with Crippen LogP contribution in [0.4, 0.5) is 0 Å². The SMILES string of the molecule is O=Cc1cnn(C2CC2)c1Br. The lowest BCUT2D eigenvalue weighted by Crippen LogP contribution is -1.95. The van der Waals surface area contributed by atoms with Gasteiger partial charge in [0, 0.05) is 0 Å². The number of aromatic nitrogens is 2. The molecule has 0 spiro atoms. The number of carbonyl (C=O) groups is 1. The van der Waals surface area contributed by atoms with E-state index < -0.39 is 0 Å². The molecule has 0 amide bonds. The van der Waals surface area contributed by atoms with Crippen LogP contribution in [0, 0.1) is 0 Å². The molecule has 1 heterocycles. The molecular formula is C7H7BrN2O. The summed E-state index contributed by atoms with van der Waals surface area (Å²) in [6.45, 7) is 0. The summed E-state index contributed by atoms with van der Waals surface area (Å²) in [4.78, 5) is 10.4. The van der Waals surface area contributed by atoms with Crippen molar-refractivity contribution >= 4 is 22.2 Å². The van der Waals surface area contributed by atoms with Crippen LogP contribution in [0.5, 0.6) is 0 Å². The summed E-state index contributed by atoms with van der Waals surface area (Å²) in [5, 5.41) is 4.09. The Morgan fingerprint density at radius 2 is 2.45 bits per heavy atom. The number of aldehydes is 1. The molecule has 0 radical (unpaired) electrons. The van der Waals surface area contributed by atoms with E-state index in [1.807, 2.05) is 4.68 Å². The molecular weight excluding hydrogens is 208 g/mol. The fourth-order valence-corrected chi connectivity index (χ4v) is 1.59. The zero-order valence-corrected chi connectivity index (χ0v) is 7.41. The predicted octanol–water partition coefficient (Wildman–Crippen LogP) is 1.79. The first-order chi connectivity index (χ1) is 5.33. The van der Waals surface area contributed by atoms with Gasteiger partial charge in [-0.1, -0.05) is 0 Å². The Bertz CT molecular complexity index is 291. The molecule has 1 aliphatic carbocycles. The minimum absolute atomic E-state index is 0.526. The Labute approximate surface area is 72.5 Å². The van der Waals surface area contributed by atoms with Gasteiger partial charge in [0.1, 0.15) is 4.60 Å². The van der Waals surface area contributed by atoms with Crippen molar-refractivity contribution in [3.63, 3.8) is 0 Å². The largest absolute Gasteiger partial charge is 0.298 e. The third kappa shape index (κ3) is 1.11. The number of nitrogens with zero attached hydrogens (tertiary/aromatic N) is 2. The number of rotatable bonds is 2. The van der Waals surface area contributed by atoms with Crippen molar-refractivity contribution in [3.8, 4) is 0 Å². The van der Waals surface area contributed by atoms with Crippen LogP contribution in [-0.2, 0) is 0 Å². The average molecular weight is 215 g/mol. The van der Waals surface area contributed by atoms with Gasteiger partial charge in [0.2, 0.25) is 0 Å². The van der Waals surface area contributed by atoms with Crippen molar-refractivity contribution in [2.45, 2.75) is 18.9 Å². The molecule has 0 N–H and O–H groups in total. The summed E-state index contributed by atoms with van der Waals surface area (Å²) in [5.41, 5.74) is 0.636. The lowest BCUT2D eigenvalue weighted by atomic mass is 10.4. The van der Waals surface area contributed by atoms with Crippen LogP contribution in [0.2, 0.25) is 0 Å². The molecule has 1 saturated carbocycles. The fourth-order valence-electron chi connectivity index (χ4n) is 1.01. The van der Waals surface area contributed by atoms with Crippen LogP contribution in [0.1, 0.15) is 29.2 Å². The lowest BCUT2D eigenvalue weighted by molar-refractivity contribution is 0.112. The molecule has 11 heavy (non-hydrogen) atoms. The summed E-state index contributed by atoms with van der Waals surface area (Å²) in [6, 6.07) is 0.526. The van der Waals surface area contributed by atoms with Crippen molar-refractivity contribution < 1.29 is 4.79 Å². The van der Waals surface area contributed by atoms with Gasteiger partial charge >= 0.3 is 0 Å². The fraction of sp³-hybridized carbons (Fsp3) is 0.429. The number of hydrogen-bond acceptors (Lipinski definition) is 2. The Morgan fingerprint density at radius 3 is 2.91 bits per heavy atom. The smallest absolute Gasteiger partial charge is 0.154 e. The van der Waals surface area contributed by atoms with E-state index in [1.54, 1.807) is 6.20 Å². The highest BCUT2D eigenvalue weighted by Crippen LogP contribution is 2.37. The van der Waals surface area contributed by atoms with E-state index in [0.29, 0.717) is 11.6 Å². The molecule has 0 aliphatic heterocycles. The van der Waals surface area contributed by atoms with Crippen LogP contribution >= 0.6 is 15.9 Å². The summed E-state index contributed by atoms with van der Waals surface area (Å²) in [5.74, 6) is 0. The zero-order chi connectivity index (χ0) is 7.84. The van der Waals surface area contributed by atoms with Crippen molar-refractivity contribution in [2.75, 3.05) is 0 Å². The molecule has 1 aromatic heterocycles. The standard InChI is InChI=1S/C7H7BrN2O/c8-7-5(4-11)3-9-10(7)6-1-2-6/h3-4,6H,1-2H2. The number of carbonyl (C=O) groups excluding carboxylic acids is 1. The molecule has 3 nitrogen and oxygen atoms in total. The second-order valence-corrected chi connectivity index (χ2v) is 3.44. The van der Waals surface area contributed by atoms with Crippen LogP contribution in [0.3, 0.4) is 0 Å². The van der Waals surface area contributed by atoms with Gasteiger partial charge in [-0.15, -0.1) is 0 Å². The first-order valence-corrected chi connectivity index (χ1v) is 4.30. The highest BCUT2D eigenvalue weighted by molar-refractivity contribution is 9.10. The molecule has 0 saturated heterocycles. The molecule has 0 aromatic carbocycles. The van der Waals surface area contributed by atoms with E-state index in [1.165, 1.54) is 12.8 Å². The molecule has 58 valence electrons. The first kappa shape index (κ1) is 7.03. The minimum Gasteiger partial charge on any atom is -0.298 e. The average Bonchev–Trinajstić information content (AvgIpc) is 2.77. The zero-order valence-electron chi connectivity index (χ0n) is 5.83. The van der Waals surface area contributed by atoms with Crippen LogP contribution in [-0.4, -0.2) is 16.1 Å². The Kier molecular flexibility index (Phi) is 1.56. The van der Waals surface area contributed by atoms with Crippen molar-refractivity contribution in [1.82, 2.24) is 9.78 Å². The highest BCUT2D eigenvalue weighted by Gasteiger charge is 2.26. The molecule has 1 aromatic rings. The number of hydrogen-bond donors (Lipinski definition) is 0. The van der Waals surface area contributed by atoms with Gasteiger partial charge in [-0.2, -0.15) is 5.10 Å². The molecule has 0 atom stereocenters. The van der Waals surface area contributed by atoms with Gasteiger partial charge in [-0.05, 0) is 28.8 Å². The maximum atomic E-state index is 10.4. The normalized spacial score (nSPS) is 16.8. The minimum atomic E-state index is 0.526. The van der Waals surface area contributed by atoms with Gasteiger partial charge in [0.05, 0.1) is 17.8 Å². The maximum Gasteiger partial charge on any atom is 0.154 e. The van der Waals surface area contributed by atoms with E-state index in [2.05, 4.69) is 21.0 Å². The Balaban J connectivity index is 2.40. The van der Waals surface area contributed by atoms with Gasteiger partial charge in [0.15, 0.2) is 6.29 Å². The molecule has 2 rings (SSSR count). The Morgan fingerprint density at radius 1 is 1.73 bits per heavy atom. The van der Waals surface area contributed by atoms with Crippen LogP contribution < -0.4 is 0 Å². The highest BCUT2D eigenvalue weighted by atomic mass is 79.9. The van der Waals surface area contributed by atoms with E-state index >= 15 is 0 Å². The van der Waals surface area contributed by atoms with E-state index in [4.69, 9.17) is 0 Å². The van der Waals surface area contributed by atoms with E-state index in [0.717, 1.165) is 10.9 Å². The molecule has 0 bridgehead atoms. The van der Waals surface area contributed by atoms with Crippen molar-refractivity contribution in [3.05, 3.63) is 16.4 Å². The number of halogens is 1. The summed E-state index contributed by atoms with van der Waals surface area (Å²) in [6.07, 6.45) is 4.77. The van der Waals surface area contributed by atoms with Crippen molar-refractivity contribution in [1.29, 1.82) is 0 Å². The summed E-state index contributed by atoms with van der Waals surface area (Å²) >= 11 is 3.32. The van der Waals surface area contributed by atoms with Crippen LogP contribution in [0.15, 0.2) is 10.8 Å². The molecule has 4 heteroatoms. The molecule has 1 aliphatic rings. The van der Waals surface area contributed by atoms with Gasteiger partial charge in [-0.25, -0.2) is 0 Å². The van der Waals surface area contributed by atoms with E-state index in [-0.39, 0.29) is 0 Å².